The SMILES string of the molecule is CCOc1cc(/C=N\NC(=O)C(=O)NCCc2ccc(OC)c(OC)c2)ccc1OCC(=O)Nc1ccccc1Cl. The Bertz CT molecular complexity index is 1400. The minimum atomic E-state index is -0.914. The lowest BCUT2D eigenvalue weighted by atomic mass is 10.1. The van der Waals surface area contributed by atoms with Gasteiger partial charge in [-0.15, -0.1) is 0 Å². The highest BCUT2D eigenvalue weighted by Crippen LogP contribution is 2.29. The number of carbonyl (C=O) groups excluding carboxylic acids is 3. The van der Waals surface area contributed by atoms with Crippen LogP contribution in [0.3, 0.4) is 0 Å². The van der Waals surface area contributed by atoms with Gasteiger partial charge in [-0.05, 0) is 66.9 Å². The van der Waals surface area contributed by atoms with Crippen molar-refractivity contribution >= 4 is 41.2 Å². The number of carbonyl (C=O) groups is 3. The second-order valence-corrected chi connectivity index (χ2v) is 8.76. The summed E-state index contributed by atoms with van der Waals surface area (Å²) in [4.78, 5) is 36.5. The molecule has 0 unspecified atom stereocenters. The molecule has 3 aromatic rings. The number of hydrazone groups is 1. The molecule has 0 aliphatic rings. The molecular formula is C29H31ClN4O7. The third kappa shape index (κ3) is 9.43. The van der Waals surface area contributed by atoms with Gasteiger partial charge in [0, 0.05) is 6.54 Å². The maximum absolute atomic E-state index is 12.3. The Hall–Kier alpha value is -4.77. The number of nitrogens with one attached hydrogen (secondary N) is 3. The van der Waals surface area contributed by atoms with Gasteiger partial charge in [-0.1, -0.05) is 29.8 Å². The molecule has 3 aromatic carbocycles. The number of methoxy groups -OCH3 is 2. The summed E-state index contributed by atoms with van der Waals surface area (Å²) in [6.45, 7) is 2.12. The van der Waals surface area contributed by atoms with E-state index in [1.807, 2.05) is 6.07 Å². The number of nitrogens with zero attached hydrogens (tertiary/aromatic N) is 1. The summed E-state index contributed by atoms with van der Waals surface area (Å²) in [7, 11) is 3.09. The summed E-state index contributed by atoms with van der Waals surface area (Å²) in [5.74, 6) is -0.229. The molecular weight excluding hydrogens is 552 g/mol. The Morgan fingerprint density at radius 3 is 2.37 bits per heavy atom. The average Bonchev–Trinajstić information content (AvgIpc) is 2.97. The van der Waals surface area contributed by atoms with Gasteiger partial charge in [0.2, 0.25) is 0 Å². The van der Waals surface area contributed by atoms with E-state index in [9.17, 15) is 14.4 Å². The van der Waals surface area contributed by atoms with Gasteiger partial charge in [-0.25, -0.2) is 5.43 Å². The van der Waals surface area contributed by atoms with Crippen molar-refractivity contribution < 1.29 is 33.3 Å². The predicted octanol–water partition coefficient (Wildman–Crippen LogP) is 3.58. The Morgan fingerprint density at radius 1 is 0.878 bits per heavy atom. The van der Waals surface area contributed by atoms with Crippen molar-refractivity contribution in [3.63, 3.8) is 0 Å². The van der Waals surface area contributed by atoms with Gasteiger partial charge in [0.05, 0.1) is 37.8 Å². The van der Waals surface area contributed by atoms with Crippen molar-refractivity contribution in [3.8, 4) is 23.0 Å². The second-order valence-electron chi connectivity index (χ2n) is 8.35. The Labute approximate surface area is 242 Å². The van der Waals surface area contributed by atoms with Crippen LogP contribution in [-0.2, 0) is 20.8 Å². The first kappa shape index (κ1) is 30.8. The summed E-state index contributed by atoms with van der Waals surface area (Å²) in [6.07, 6.45) is 1.84. The fourth-order valence-corrected chi connectivity index (χ4v) is 3.72. The molecule has 41 heavy (non-hydrogen) atoms. The number of para-hydroxylation sites is 1. The molecule has 0 aliphatic carbocycles. The number of rotatable bonds is 13. The maximum Gasteiger partial charge on any atom is 0.329 e. The molecule has 3 amide bonds. The zero-order chi connectivity index (χ0) is 29.6. The van der Waals surface area contributed by atoms with Crippen molar-refractivity contribution in [2.45, 2.75) is 13.3 Å². The van der Waals surface area contributed by atoms with E-state index in [-0.39, 0.29) is 13.2 Å². The second kappa shape index (κ2) is 15.7. The van der Waals surface area contributed by atoms with Crippen molar-refractivity contribution in [2.24, 2.45) is 5.10 Å². The van der Waals surface area contributed by atoms with E-state index in [1.54, 1.807) is 75.7 Å². The van der Waals surface area contributed by atoms with Gasteiger partial charge in [0.15, 0.2) is 29.6 Å². The maximum atomic E-state index is 12.3. The Kier molecular flexibility index (Phi) is 11.8. The molecule has 3 rings (SSSR count). The Morgan fingerprint density at radius 2 is 1.63 bits per heavy atom. The monoisotopic (exact) mass is 582 g/mol. The lowest BCUT2D eigenvalue weighted by Crippen LogP contribution is -2.38. The standard InChI is InChI=1S/C29H31ClN4O7/c1-4-40-26-16-20(10-12-24(26)41-18-27(35)33-22-8-6-5-7-21(22)30)17-32-34-29(37)28(36)31-14-13-19-9-11-23(38-2)25(15-19)39-3/h5-12,15-17H,4,13-14,18H2,1-3H3,(H,31,36)(H,33,35)(H,34,37)/b32-17-. The molecule has 0 saturated heterocycles. The predicted molar refractivity (Wildman–Crippen MR) is 155 cm³/mol. The lowest BCUT2D eigenvalue weighted by Gasteiger charge is -2.13. The summed E-state index contributed by atoms with van der Waals surface area (Å²) >= 11 is 6.07. The number of amides is 3. The number of hydrogen-bond donors (Lipinski definition) is 3. The van der Waals surface area contributed by atoms with Crippen LogP contribution in [0.4, 0.5) is 5.69 Å². The molecule has 3 N–H and O–H groups in total. The van der Waals surface area contributed by atoms with E-state index in [0.29, 0.717) is 52.3 Å². The third-order valence-corrected chi connectivity index (χ3v) is 5.84. The summed E-state index contributed by atoms with van der Waals surface area (Å²) in [5.41, 5.74) is 4.14. The minimum absolute atomic E-state index is 0.237. The largest absolute Gasteiger partial charge is 0.493 e. The number of hydrogen-bond acceptors (Lipinski definition) is 8. The van der Waals surface area contributed by atoms with E-state index in [1.165, 1.54) is 6.21 Å². The molecule has 0 aromatic heterocycles. The van der Waals surface area contributed by atoms with Crippen LogP contribution in [0.15, 0.2) is 65.8 Å². The van der Waals surface area contributed by atoms with Crippen LogP contribution in [-0.4, -0.2) is 57.9 Å². The Balaban J connectivity index is 1.49. The first-order chi connectivity index (χ1) is 19.8. The highest BCUT2D eigenvalue weighted by Gasteiger charge is 2.13. The van der Waals surface area contributed by atoms with Crippen LogP contribution in [0, 0.1) is 0 Å². The summed E-state index contributed by atoms with van der Waals surface area (Å²) in [5, 5.41) is 9.48. The fourth-order valence-electron chi connectivity index (χ4n) is 3.54. The zero-order valence-electron chi connectivity index (χ0n) is 22.9. The highest BCUT2D eigenvalue weighted by molar-refractivity contribution is 6.35. The molecule has 0 radical (unpaired) electrons. The van der Waals surface area contributed by atoms with E-state index in [2.05, 4.69) is 21.2 Å². The number of anilines is 1. The van der Waals surface area contributed by atoms with Crippen molar-refractivity contribution in [1.82, 2.24) is 10.7 Å². The zero-order valence-corrected chi connectivity index (χ0v) is 23.6. The summed E-state index contributed by atoms with van der Waals surface area (Å²) in [6, 6.07) is 17.2. The van der Waals surface area contributed by atoms with Gasteiger partial charge in [-0.2, -0.15) is 5.10 Å². The van der Waals surface area contributed by atoms with E-state index < -0.39 is 17.7 Å². The molecule has 0 spiro atoms. The number of benzene rings is 3. The van der Waals surface area contributed by atoms with E-state index in [4.69, 9.17) is 30.5 Å². The van der Waals surface area contributed by atoms with Gasteiger partial charge in [0.1, 0.15) is 0 Å². The molecule has 0 bridgehead atoms. The molecule has 11 nitrogen and oxygen atoms in total. The molecule has 0 aliphatic heterocycles. The van der Waals surface area contributed by atoms with Crippen LogP contribution < -0.4 is 35.0 Å². The molecule has 0 heterocycles. The quantitative estimate of drug-likeness (QED) is 0.159. The van der Waals surface area contributed by atoms with Gasteiger partial charge < -0.3 is 29.6 Å². The number of halogens is 1. The van der Waals surface area contributed by atoms with Crippen molar-refractivity contribution in [2.75, 3.05) is 39.3 Å². The van der Waals surface area contributed by atoms with Gasteiger partial charge in [0.25, 0.3) is 5.91 Å². The normalized spacial score (nSPS) is 10.5. The minimum Gasteiger partial charge on any atom is -0.493 e. The number of ether oxygens (including phenoxy) is 4. The van der Waals surface area contributed by atoms with E-state index in [0.717, 1.165) is 5.56 Å². The van der Waals surface area contributed by atoms with Crippen LogP contribution in [0.5, 0.6) is 23.0 Å². The third-order valence-electron chi connectivity index (χ3n) is 5.51. The van der Waals surface area contributed by atoms with E-state index >= 15 is 0 Å². The van der Waals surface area contributed by atoms with Crippen molar-refractivity contribution in [1.29, 1.82) is 0 Å². The van der Waals surface area contributed by atoms with Crippen LogP contribution in [0.1, 0.15) is 18.1 Å². The van der Waals surface area contributed by atoms with Crippen LogP contribution >= 0.6 is 11.6 Å². The summed E-state index contributed by atoms with van der Waals surface area (Å²) < 4.78 is 21.7. The average molecular weight is 583 g/mol. The van der Waals surface area contributed by atoms with Gasteiger partial charge in [-0.3, -0.25) is 14.4 Å². The molecule has 0 saturated carbocycles. The molecule has 0 fully saturated rings. The van der Waals surface area contributed by atoms with Crippen LogP contribution in [0.25, 0.3) is 0 Å². The smallest absolute Gasteiger partial charge is 0.329 e. The first-order valence-corrected chi connectivity index (χ1v) is 13.0. The van der Waals surface area contributed by atoms with Crippen molar-refractivity contribution in [3.05, 3.63) is 76.8 Å². The topological polar surface area (TPSA) is 137 Å². The molecule has 12 heteroatoms. The molecule has 0 atom stereocenters. The first-order valence-electron chi connectivity index (χ1n) is 12.6. The van der Waals surface area contributed by atoms with Gasteiger partial charge >= 0.3 is 11.8 Å². The fraction of sp³-hybridized carbons (Fsp3) is 0.241. The lowest BCUT2D eigenvalue weighted by molar-refractivity contribution is -0.139. The highest BCUT2D eigenvalue weighted by atomic mass is 35.5. The molecule has 216 valence electrons. The van der Waals surface area contributed by atoms with Crippen LogP contribution in [0.2, 0.25) is 5.02 Å².